The lowest BCUT2D eigenvalue weighted by molar-refractivity contribution is -0.127. The first kappa shape index (κ1) is 21.5. The minimum absolute atomic E-state index is 0. The molecule has 1 unspecified atom stereocenters. The van der Waals surface area contributed by atoms with Crippen molar-refractivity contribution < 1.29 is 9.59 Å². The highest BCUT2D eigenvalue weighted by Gasteiger charge is 2.31. The molecule has 0 radical (unpaired) electrons. The second-order valence-corrected chi connectivity index (χ2v) is 7.07. The zero-order chi connectivity index (χ0) is 17.7. The molecule has 1 saturated heterocycles. The third-order valence-electron chi connectivity index (χ3n) is 4.70. The van der Waals surface area contributed by atoms with Gasteiger partial charge in [-0.25, -0.2) is 0 Å². The maximum Gasteiger partial charge on any atom is 0.253 e. The summed E-state index contributed by atoms with van der Waals surface area (Å²) >= 11 is 0. The lowest BCUT2D eigenvalue weighted by atomic mass is 9.95. The monoisotopic (exact) mass is 367 g/mol. The Morgan fingerprint density at radius 1 is 1.24 bits per heavy atom. The number of benzene rings is 1. The molecule has 0 spiro atoms. The van der Waals surface area contributed by atoms with Gasteiger partial charge >= 0.3 is 0 Å². The van der Waals surface area contributed by atoms with Crippen LogP contribution in [-0.2, 0) is 4.79 Å². The fraction of sp³-hybridized carbons (Fsp3) is 0.579. The first-order valence-corrected chi connectivity index (χ1v) is 8.79. The van der Waals surface area contributed by atoms with Gasteiger partial charge < -0.3 is 16.0 Å². The predicted molar refractivity (Wildman–Crippen MR) is 103 cm³/mol. The second kappa shape index (κ2) is 9.20. The SMILES string of the molecule is CCCC(C)(N)C(=O)NC1CCN(C(=O)c2ccc(C)cc2)CC1.Cl. The van der Waals surface area contributed by atoms with Gasteiger partial charge in [-0.3, -0.25) is 9.59 Å². The zero-order valence-electron chi connectivity index (χ0n) is 15.4. The Bertz CT molecular complexity index is 579. The van der Waals surface area contributed by atoms with E-state index in [1.165, 1.54) is 0 Å². The smallest absolute Gasteiger partial charge is 0.253 e. The number of nitrogens with zero attached hydrogens (tertiary/aromatic N) is 1. The van der Waals surface area contributed by atoms with Crippen molar-refractivity contribution in [3.8, 4) is 0 Å². The van der Waals surface area contributed by atoms with Gasteiger partial charge in [0.2, 0.25) is 5.91 Å². The summed E-state index contributed by atoms with van der Waals surface area (Å²) in [6.07, 6.45) is 3.09. The van der Waals surface area contributed by atoms with Gasteiger partial charge in [0.15, 0.2) is 0 Å². The molecule has 1 aromatic carbocycles. The Hall–Kier alpha value is -1.59. The van der Waals surface area contributed by atoms with Crippen molar-refractivity contribution in [3.63, 3.8) is 0 Å². The number of nitrogens with one attached hydrogen (secondary N) is 1. The van der Waals surface area contributed by atoms with Gasteiger partial charge in [-0.05, 0) is 45.2 Å². The van der Waals surface area contributed by atoms with Gasteiger partial charge in [-0.15, -0.1) is 12.4 Å². The van der Waals surface area contributed by atoms with E-state index in [0.717, 1.165) is 30.4 Å². The van der Waals surface area contributed by atoms with E-state index >= 15 is 0 Å². The molecule has 1 aromatic rings. The number of hydrogen-bond acceptors (Lipinski definition) is 3. The Kier molecular flexibility index (Phi) is 7.90. The van der Waals surface area contributed by atoms with Crippen LogP contribution in [0.15, 0.2) is 24.3 Å². The molecule has 1 aliphatic heterocycles. The molecule has 1 aliphatic rings. The van der Waals surface area contributed by atoms with Crippen molar-refractivity contribution in [2.45, 2.75) is 58.0 Å². The number of piperidine rings is 1. The van der Waals surface area contributed by atoms with E-state index < -0.39 is 5.54 Å². The van der Waals surface area contributed by atoms with Crippen molar-refractivity contribution in [3.05, 3.63) is 35.4 Å². The molecule has 2 amide bonds. The highest BCUT2D eigenvalue weighted by molar-refractivity contribution is 5.94. The molecule has 2 rings (SSSR count). The summed E-state index contributed by atoms with van der Waals surface area (Å²) in [6, 6.07) is 7.75. The summed E-state index contributed by atoms with van der Waals surface area (Å²) in [5, 5.41) is 3.05. The van der Waals surface area contributed by atoms with E-state index in [9.17, 15) is 9.59 Å². The van der Waals surface area contributed by atoms with Crippen LogP contribution < -0.4 is 11.1 Å². The number of rotatable bonds is 5. The summed E-state index contributed by atoms with van der Waals surface area (Å²) < 4.78 is 0. The van der Waals surface area contributed by atoms with Crippen LogP contribution in [0.5, 0.6) is 0 Å². The van der Waals surface area contributed by atoms with Crippen molar-refractivity contribution in [1.82, 2.24) is 10.2 Å². The minimum Gasteiger partial charge on any atom is -0.352 e. The largest absolute Gasteiger partial charge is 0.352 e. The molecule has 1 atom stereocenters. The van der Waals surface area contributed by atoms with Gasteiger partial charge in [-0.1, -0.05) is 31.0 Å². The Morgan fingerprint density at radius 3 is 2.32 bits per heavy atom. The topological polar surface area (TPSA) is 75.4 Å². The summed E-state index contributed by atoms with van der Waals surface area (Å²) in [4.78, 5) is 26.6. The fourth-order valence-corrected chi connectivity index (χ4v) is 3.09. The normalized spacial score (nSPS) is 17.4. The van der Waals surface area contributed by atoms with E-state index in [0.29, 0.717) is 19.5 Å². The molecule has 1 fully saturated rings. The number of carbonyl (C=O) groups excluding carboxylic acids is 2. The van der Waals surface area contributed by atoms with E-state index in [1.807, 2.05) is 43.0 Å². The van der Waals surface area contributed by atoms with Crippen LogP contribution in [0.25, 0.3) is 0 Å². The van der Waals surface area contributed by atoms with Gasteiger partial charge in [0.1, 0.15) is 0 Å². The van der Waals surface area contributed by atoms with Crippen LogP contribution in [0.4, 0.5) is 0 Å². The number of nitrogens with two attached hydrogens (primary N) is 1. The summed E-state index contributed by atoms with van der Waals surface area (Å²) in [6.45, 7) is 7.13. The maximum atomic E-state index is 12.5. The number of hydrogen-bond donors (Lipinski definition) is 2. The molecule has 140 valence electrons. The van der Waals surface area contributed by atoms with E-state index in [2.05, 4.69) is 5.32 Å². The number of likely N-dealkylation sites (tertiary alicyclic amines) is 1. The van der Waals surface area contributed by atoms with Crippen molar-refractivity contribution in [2.75, 3.05) is 13.1 Å². The molecule has 3 N–H and O–H groups in total. The van der Waals surface area contributed by atoms with Crippen LogP contribution in [-0.4, -0.2) is 41.4 Å². The Labute approximate surface area is 156 Å². The molecule has 6 heteroatoms. The van der Waals surface area contributed by atoms with Crippen LogP contribution in [0.2, 0.25) is 0 Å². The lowest BCUT2D eigenvalue weighted by Crippen LogP contribution is -2.56. The molecule has 5 nitrogen and oxygen atoms in total. The summed E-state index contributed by atoms with van der Waals surface area (Å²) in [5.74, 6) is -0.0258. The third-order valence-corrected chi connectivity index (χ3v) is 4.70. The van der Waals surface area contributed by atoms with Gasteiger partial charge in [0.25, 0.3) is 5.91 Å². The highest BCUT2D eigenvalue weighted by Crippen LogP contribution is 2.16. The second-order valence-electron chi connectivity index (χ2n) is 7.07. The van der Waals surface area contributed by atoms with Gasteiger partial charge in [0.05, 0.1) is 5.54 Å². The molecule has 0 bridgehead atoms. The van der Waals surface area contributed by atoms with Crippen LogP contribution in [0, 0.1) is 6.92 Å². The number of halogens is 1. The Morgan fingerprint density at radius 2 is 1.80 bits per heavy atom. The number of aryl methyl sites for hydroxylation is 1. The van der Waals surface area contributed by atoms with E-state index in [1.54, 1.807) is 6.92 Å². The predicted octanol–water partition coefficient (Wildman–Crippen LogP) is 2.66. The maximum absolute atomic E-state index is 12.5. The first-order chi connectivity index (χ1) is 11.3. The van der Waals surface area contributed by atoms with E-state index in [4.69, 9.17) is 5.73 Å². The van der Waals surface area contributed by atoms with Crippen molar-refractivity contribution >= 4 is 24.2 Å². The molecular weight excluding hydrogens is 338 g/mol. The molecule has 1 heterocycles. The number of amides is 2. The van der Waals surface area contributed by atoms with Gasteiger partial charge in [-0.2, -0.15) is 0 Å². The summed E-state index contributed by atoms with van der Waals surface area (Å²) in [7, 11) is 0. The molecular formula is C19H30ClN3O2. The highest BCUT2D eigenvalue weighted by atomic mass is 35.5. The van der Waals surface area contributed by atoms with Crippen molar-refractivity contribution in [1.29, 1.82) is 0 Å². The van der Waals surface area contributed by atoms with E-state index in [-0.39, 0.29) is 30.3 Å². The Balaban J connectivity index is 0.00000312. The fourth-order valence-electron chi connectivity index (χ4n) is 3.09. The molecule has 0 aliphatic carbocycles. The molecule has 25 heavy (non-hydrogen) atoms. The average molecular weight is 368 g/mol. The standard InChI is InChI=1S/C19H29N3O2.ClH/c1-4-11-19(3,20)18(24)21-16-9-12-22(13-10-16)17(23)15-7-5-14(2)6-8-15;/h5-8,16H,4,9-13,20H2,1-3H3,(H,21,24);1H. The summed E-state index contributed by atoms with van der Waals surface area (Å²) in [5.41, 5.74) is 7.13. The number of carbonyl (C=O) groups is 2. The third kappa shape index (κ3) is 5.72. The van der Waals surface area contributed by atoms with Crippen LogP contribution in [0.1, 0.15) is 55.5 Å². The first-order valence-electron chi connectivity index (χ1n) is 8.79. The lowest BCUT2D eigenvalue weighted by Gasteiger charge is -2.34. The van der Waals surface area contributed by atoms with Gasteiger partial charge in [0, 0.05) is 24.7 Å². The van der Waals surface area contributed by atoms with Crippen molar-refractivity contribution in [2.24, 2.45) is 5.73 Å². The zero-order valence-corrected chi connectivity index (χ0v) is 16.2. The minimum atomic E-state index is -0.816. The quantitative estimate of drug-likeness (QED) is 0.840. The molecule has 0 aromatic heterocycles. The molecule has 0 saturated carbocycles. The van der Waals surface area contributed by atoms with Crippen LogP contribution in [0.3, 0.4) is 0 Å². The van der Waals surface area contributed by atoms with Crippen LogP contribution >= 0.6 is 12.4 Å². The average Bonchev–Trinajstić information content (AvgIpc) is 2.55.